The van der Waals surface area contributed by atoms with Crippen molar-refractivity contribution in [2.45, 2.75) is 27.3 Å². The summed E-state index contributed by atoms with van der Waals surface area (Å²) in [6, 6.07) is 9.93. The summed E-state index contributed by atoms with van der Waals surface area (Å²) >= 11 is 0. The normalized spacial score (nSPS) is 10.3. The second kappa shape index (κ2) is 6.39. The highest BCUT2D eigenvalue weighted by Gasteiger charge is 2.08. The van der Waals surface area contributed by atoms with Crippen molar-refractivity contribution >= 4 is 11.7 Å². The molecule has 0 heterocycles. The first kappa shape index (κ1) is 15.0. The highest BCUT2D eigenvalue weighted by molar-refractivity contribution is 5.91. The molecule has 2 rings (SSSR count). The van der Waals surface area contributed by atoms with Crippen LogP contribution in [0.3, 0.4) is 0 Å². The van der Waals surface area contributed by atoms with E-state index in [9.17, 15) is 9.18 Å². The molecule has 0 unspecified atom stereocenters. The number of carbonyl (C=O) groups excluding carboxylic acids is 1. The summed E-state index contributed by atoms with van der Waals surface area (Å²) in [6.07, 6.45) is 0. The van der Waals surface area contributed by atoms with Gasteiger partial charge in [-0.1, -0.05) is 29.8 Å². The maximum atomic E-state index is 13.1. The summed E-state index contributed by atoms with van der Waals surface area (Å²) in [5.41, 5.74) is 4.75. The summed E-state index contributed by atoms with van der Waals surface area (Å²) in [5.74, 6) is -0.306. The van der Waals surface area contributed by atoms with E-state index < -0.39 is 0 Å². The van der Waals surface area contributed by atoms with Gasteiger partial charge in [-0.25, -0.2) is 9.18 Å². The van der Waals surface area contributed by atoms with Crippen molar-refractivity contribution in [3.8, 4) is 0 Å². The SMILES string of the molecule is Cc1cc(C)c(NC(=O)NCc2cccc(F)c2)c(C)c1. The minimum absolute atomic E-state index is 0.285. The second-order valence-corrected chi connectivity index (χ2v) is 5.21. The van der Waals surface area contributed by atoms with Crippen LogP contribution in [0.15, 0.2) is 36.4 Å². The number of hydrogen-bond donors (Lipinski definition) is 2. The summed E-state index contributed by atoms with van der Waals surface area (Å²) < 4.78 is 13.1. The Bertz CT molecular complexity index is 645. The Morgan fingerprint density at radius 2 is 1.76 bits per heavy atom. The van der Waals surface area contributed by atoms with Gasteiger partial charge >= 0.3 is 6.03 Å². The lowest BCUT2D eigenvalue weighted by Gasteiger charge is -2.13. The molecule has 2 amide bonds. The predicted octanol–water partition coefficient (Wildman–Crippen LogP) is 4.07. The van der Waals surface area contributed by atoms with Gasteiger partial charge in [0.15, 0.2) is 0 Å². The van der Waals surface area contributed by atoms with Crippen LogP contribution in [0.5, 0.6) is 0 Å². The molecule has 2 aromatic rings. The third-order valence-corrected chi connectivity index (χ3v) is 3.26. The van der Waals surface area contributed by atoms with Crippen molar-refractivity contribution < 1.29 is 9.18 Å². The summed E-state index contributed by atoms with van der Waals surface area (Å²) in [6.45, 7) is 6.23. The number of halogens is 1. The Balaban J connectivity index is 1.99. The second-order valence-electron chi connectivity index (χ2n) is 5.21. The molecule has 0 fully saturated rings. The molecule has 0 bridgehead atoms. The molecule has 110 valence electrons. The Kier molecular flexibility index (Phi) is 4.58. The first-order chi connectivity index (χ1) is 9.95. The number of benzene rings is 2. The third kappa shape index (κ3) is 4.05. The molecule has 3 nitrogen and oxygen atoms in total. The maximum Gasteiger partial charge on any atom is 0.319 e. The standard InChI is InChI=1S/C17H19FN2O/c1-11-7-12(2)16(13(3)8-11)20-17(21)19-10-14-5-4-6-15(18)9-14/h4-9H,10H2,1-3H3,(H2,19,20,21). The number of urea groups is 1. The van der Waals surface area contributed by atoms with Crippen molar-refractivity contribution in [2.75, 3.05) is 5.32 Å². The number of amides is 2. The van der Waals surface area contributed by atoms with E-state index in [-0.39, 0.29) is 18.4 Å². The van der Waals surface area contributed by atoms with Gasteiger partial charge in [0.05, 0.1) is 0 Å². The fourth-order valence-electron chi connectivity index (χ4n) is 2.36. The molecule has 2 aromatic carbocycles. The van der Waals surface area contributed by atoms with E-state index in [2.05, 4.69) is 10.6 Å². The Hall–Kier alpha value is -2.36. The smallest absolute Gasteiger partial charge is 0.319 e. The van der Waals surface area contributed by atoms with E-state index >= 15 is 0 Å². The van der Waals surface area contributed by atoms with Crippen LogP contribution >= 0.6 is 0 Å². The third-order valence-electron chi connectivity index (χ3n) is 3.26. The van der Waals surface area contributed by atoms with E-state index in [0.717, 1.165) is 27.9 Å². The highest BCUT2D eigenvalue weighted by atomic mass is 19.1. The Morgan fingerprint density at radius 1 is 1.10 bits per heavy atom. The van der Waals surface area contributed by atoms with Crippen molar-refractivity contribution in [3.05, 3.63) is 64.5 Å². The molecule has 0 aromatic heterocycles. The Labute approximate surface area is 124 Å². The van der Waals surface area contributed by atoms with E-state index in [1.165, 1.54) is 12.1 Å². The molecule has 0 saturated carbocycles. The van der Waals surface area contributed by atoms with Gasteiger partial charge in [0.1, 0.15) is 5.82 Å². The Morgan fingerprint density at radius 3 is 2.38 bits per heavy atom. The van der Waals surface area contributed by atoms with Crippen molar-refractivity contribution in [3.63, 3.8) is 0 Å². The number of rotatable bonds is 3. The van der Waals surface area contributed by atoms with Gasteiger partial charge in [0, 0.05) is 12.2 Å². The molecule has 0 saturated heterocycles. The molecule has 4 heteroatoms. The van der Waals surface area contributed by atoms with E-state index in [4.69, 9.17) is 0 Å². The minimum Gasteiger partial charge on any atom is -0.334 e. The molecule has 0 atom stereocenters. The van der Waals surface area contributed by atoms with Crippen LogP contribution < -0.4 is 10.6 Å². The molecule has 0 aliphatic rings. The van der Waals surface area contributed by atoms with Gasteiger partial charge in [-0.05, 0) is 49.6 Å². The van der Waals surface area contributed by atoms with Gasteiger partial charge in [-0.15, -0.1) is 0 Å². The van der Waals surface area contributed by atoms with Crippen LogP contribution in [0.1, 0.15) is 22.3 Å². The number of anilines is 1. The lowest BCUT2D eigenvalue weighted by atomic mass is 10.1. The number of carbonyl (C=O) groups is 1. The van der Waals surface area contributed by atoms with Gasteiger partial charge in [-0.3, -0.25) is 0 Å². The fraction of sp³-hybridized carbons (Fsp3) is 0.235. The van der Waals surface area contributed by atoms with Crippen molar-refractivity contribution in [2.24, 2.45) is 0 Å². The lowest BCUT2D eigenvalue weighted by Crippen LogP contribution is -2.28. The zero-order valence-electron chi connectivity index (χ0n) is 12.5. The highest BCUT2D eigenvalue weighted by Crippen LogP contribution is 2.21. The first-order valence-corrected chi connectivity index (χ1v) is 6.83. The first-order valence-electron chi connectivity index (χ1n) is 6.83. The zero-order valence-corrected chi connectivity index (χ0v) is 12.5. The van der Waals surface area contributed by atoms with Crippen molar-refractivity contribution in [1.82, 2.24) is 5.32 Å². The van der Waals surface area contributed by atoms with Crippen molar-refractivity contribution in [1.29, 1.82) is 0 Å². The topological polar surface area (TPSA) is 41.1 Å². The molecule has 2 N–H and O–H groups in total. The number of aryl methyl sites for hydroxylation is 3. The summed E-state index contributed by atoms with van der Waals surface area (Å²) in [5, 5.41) is 5.57. The van der Waals surface area contributed by atoms with E-state index in [1.807, 2.05) is 32.9 Å². The number of nitrogens with one attached hydrogen (secondary N) is 2. The van der Waals surface area contributed by atoms with E-state index in [0.29, 0.717) is 0 Å². The van der Waals surface area contributed by atoms with Gasteiger partial charge in [0.2, 0.25) is 0 Å². The average Bonchev–Trinajstić information content (AvgIpc) is 2.40. The lowest BCUT2D eigenvalue weighted by molar-refractivity contribution is 0.251. The van der Waals surface area contributed by atoms with Crippen LogP contribution in [-0.4, -0.2) is 6.03 Å². The molecular formula is C17H19FN2O. The van der Waals surface area contributed by atoms with Crippen LogP contribution in [0.4, 0.5) is 14.9 Å². The zero-order chi connectivity index (χ0) is 15.4. The maximum absolute atomic E-state index is 13.1. The fourth-order valence-corrected chi connectivity index (χ4v) is 2.36. The molecule has 0 aliphatic heterocycles. The predicted molar refractivity (Wildman–Crippen MR) is 82.9 cm³/mol. The van der Waals surface area contributed by atoms with Crippen LogP contribution in [0.2, 0.25) is 0 Å². The van der Waals surface area contributed by atoms with Crippen LogP contribution in [0, 0.1) is 26.6 Å². The molecule has 0 spiro atoms. The van der Waals surface area contributed by atoms with Gasteiger partial charge < -0.3 is 10.6 Å². The van der Waals surface area contributed by atoms with Crippen LogP contribution in [0.25, 0.3) is 0 Å². The minimum atomic E-state index is -0.306. The monoisotopic (exact) mass is 286 g/mol. The molecule has 0 radical (unpaired) electrons. The van der Waals surface area contributed by atoms with E-state index in [1.54, 1.807) is 12.1 Å². The number of hydrogen-bond acceptors (Lipinski definition) is 1. The van der Waals surface area contributed by atoms with Gasteiger partial charge in [-0.2, -0.15) is 0 Å². The molecule has 21 heavy (non-hydrogen) atoms. The summed E-state index contributed by atoms with van der Waals surface area (Å²) in [4.78, 5) is 11.9. The van der Waals surface area contributed by atoms with Crippen LogP contribution in [-0.2, 0) is 6.54 Å². The summed E-state index contributed by atoms with van der Waals surface area (Å²) in [7, 11) is 0. The quantitative estimate of drug-likeness (QED) is 0.877. The largest absolute Gasteiger partial charge is 0.334 e. The molecular weight excluding hydrogens is 267 g/mol. The average molecular weight is 286 g/mol. The molecule has 0 aliphatic carbocycles. The van der Waals surface area contributed by atoms with Gasteiger partial charge in [0.25, 0.3) is 0 Å².